The van der Waals surface area contributed by atoms with Gasteiger partial charge in [0.15, 0.2) is 0 Å². The minimum atomic E-state index is 0.971. The van der Waals surface area contributed by atoms with E-state index in [0.717, 1.165) is 45.0 Å². The molecule has 1 aromatic heterocycles. The first-order chi connectivity index (χ1) is 14.8. The van der Waals surface area contributed by atoms with Crippen LogP contribution in [-0.2, 0) is 13.1 Å². The van der Waals surface area contributed by atoms with Crippen molar-refractivity contribution in [2.75, 3.05) is 38.2 Å². The number of rotatable bonds is 5. The summed E-state index contributed by atoms with van der Waals surface area (Å²) >= 11 is 0. The summed E-state index contributed by atoms with van der Waals surface area (Å²) in [4.78, 5) is 4.11. The van der Waals surface area contributed by atoms with Crippen molar-refractivity contribution in [3.05, 3.63) is 72.3 Å². The van der Waals surface area contributed by atoms with Crippen molar-refractivity contribution >= 4 is 27.5 Å². The van der Waals surface area contributed by atoms with Gasteiger partial charge < -0.3 is 19.1 Å². The van der Waals surface area contributed by atoms with E-state index in [9.17, 15) is 0 Å². The third-order valence-electron chi connectivity index (χ3n) is 6.50. The standard InChI is InChI=1S/C26H29N3O/c1-3-29-23-9-5-4-8-21(23)22-18-20(12-13-24(22)29)19-27-14-16-28(17-15-27)25-10-6-7-11-26(25)30-2/h4-13,18H,3,14-17,19H2,1-2H3/p+1. The summed E-state index contributed by atoms with van der Waals surface area (Å²) in [5, 5.41) is 2.75. The lowest BCUT2D eigenvalue weighted by Gasteiger charge is -2.34. The number of quaternary nitrogens is 1. The molecule has 0 saturated carbocycles. The van der Waals surface area contributed by atoms with Gasteiger partial charge in [-0.1, -0.05) is 36.4 Å². The lowest BCUT2D eigenvalue weighted by Crippen LogP contribution is -3.13. The maximum absolute atomic E-state index is 5.56. The van der Waals surface area contributed by atoms with Crippen molar-refractivity contribution in [1.29, 1.82) is 0 Å². The summed E-state index contributed by atoms with van der Waals surface area (Å²) in [5.41, 5.74) is 5.33. The summed E-state index contributed by atoms with van der Waals surface area (Å²) in [5.74, 6) is 0.971. The second kappa shape index (κ2) is 8.04. The zero-order valence-electron chi connectivity index (χ0n) is 17.9. The molecule has 0 aliphatic carbocycles. The Morgan fingerprint density at radius 1 is 0.867 bits per heavy atom. The van der Waals surface area contributed by atoms with E-state index < -0.39 is 0 Å². The van der Waals surface area contributed by atoms with Crippen LogP contribution in [0.25, 0.3) is 21.8 Å². The van der Waals surface area contributed by atoms with Gasteiger partial charge in [0.2, 0.25) is 0 Å². The fraction of sp³-hybridized carbons (Fsp3) is 0.308. The first-order valence-electron chi connectivity index (χ1n) is 11.0. The van der Waals surface area contributed by atoms with Crippen molar-refractivity contribution in [2.45, 2.75) is 20.0 Å². The van der Waals surface area contributed by atoms with Crippen LogP contribution in [0.15, 0.2) is 66.7 Å². The summed E-state index contributed by atoms with van der Waals surface area (Å²) in [6.07, 6.45) is 0. The van der Waals surface area contributed by atoms with Crippen LogP contribution in [0.5, 0.6) is 5.75 Å². The van der Waals surface area contributed by atoms with E-state index in [1.54, 1.807) is 12.0 Å². The van der Waals surface area contributed by atoms with Crippen LogP contribution in [0.3, 0.4) is 0 Å². The molecule has 0 atom stereocenters. The van der Waals surface area contributed by atoms with Crippen molar-refractivity contribution in [1.82, 2.24) is 4.57 Å². The van der Waals surface area contributed by atoms with Gasteiger partial charge in [-0.05, 0) is 37.3 Å². The number of fused-ring (bicyclic) bond motifs is 3. The largest absolute Gasteiger partial charge is 0.495 e. The number of anilines is 1. The van der Waals surface area contributed by atoms with E-state index >= 15 is 0 Å². The Morgan fingerprint density at radius 2 is 1.60 bits per heavy atom. The highest BCUT2D eigenvalue weighted by Gasteiger charge is 2.22. The maximum Gasteiger partial charge on any atom is 0.142 e. The van der Waals surface area contributed by atoms with Gasteiger partial charge >= 0.3 is 0 Å². The van der Waals surface area contributed by atoms with E-state index in [1.807, 2.05) is 6.07 Å². The molecule has 4 nitrogen and oxygen atoms in total. The number of methoxy groups -OCH3 is 1. The molecular formula is C26H30N3O+. The number of nitrogens with one attached hydrogen (secondary N) is 1. The molecule has 5 rings (SSSR count). The van der Waals surface area contributed by atoms with Crippen molar-refractivity contribution in [3.63, 3.8) is 0 Å². The lowest BCUT2D eigenvalue weighted by molar-refractivity contribution is -0.914. The van der Waals surface area contributed by atoms with Crippen LogP contribution >= 0.6 is 0 Å². The van der Waals surface area contributed by atoms with Crippen molar-refractivity contribution in [2.24, 2.45) is 0 Å². The van der Waals surface area contributed by atoms with Gasteiger partial charge in [0, 0.05) is 33.9 Å². The highest BCUT2D eigenvalue weighted by Crippen LogP contribution is 2.30. The van der Waals surface area contributed by atoms with E-state index in [4.69, 9.17) is 4.74 Å². The predicted octanol–water partition coefficient (Wildman–Crippen LogP) is 3.73. The number of para-hydroxylation sites is 3. The zero-order valence-corrected chi connectivity index (χ0v) is 17.9. The quantitative estimate of drug-likeness (QED) is 0.551. The predicted molar refractivity (Wildman–Crippen MR) is 125 cm³/mol. The molecule has 1 aliphatic rings. The number of nitrogens with zero attached hydrogens (tertiary/aromatic N) is 2. The van der Waals surface area contributed by atoms with E-state index in [2.05, 4.69) is 77.1 Å². The van der Waals surface area contributed by atoms with Gasteiger partial charge in [-0.2, -0.15) is 0 Å². The van der Waals surface area contributed by atoms with Gasteiger partial charge in [-0.25, -0.2) is 0 Å². The SMILES string of the molecule is CCn1c2ccccc2c2cc(C[NH+]3CCN(c4ccccc4OC)CC3)ccc21. The first-order valence-corrected chi connectivity index (χ1v) is 11.0. The number of aromatic nitrogens is 1. The molecular weight excluding hydrogens is 370 g/mol. The third kappa shape index (κ3) is 3.31. The van der Waals surface area contributed by atoms with Gasteiger partial charge in [-0.15, -0.1) is 0 Å². The Balaban J connectivity index is 1.34. The normalized spacial score (nSPS) is 15.2. The Hall–Kier alpha value is -2.98. The summed E-state index contributed by atoms with van der Waals surface area (Å²) in [7, 11) is 1.76. The van der Waals surface area contributed by atoms with E-state index in [-0.39, 0.29) is 0 Å². The molecule has 0 radical (unpaired) electrons. The molecule has 4 heteroatoms. The Labute approximate surface area is 178 Å². The average Bonchev–Trinajstić information content (AvgIpc) is 3.12. The van der Waals surface area contributed by atoms with Gasteiger partial charge in [0.25, 0.3) is 0 Å². The molecule has 2 heterocycles. The Morgan fingerprint density at radius 3 is 2.40 bits per heavy atom. The van der Waals surface area contributed by atoms with E-state index in [0.29, 0.717) is 0 Å². The van der Waals surface area contributed by atoms with Crippen LogP contribution in [0, 0.1) is 0 Å². The topological polar surface area (TPSA) is 21.8 Å². The van der Waals surface area contributed by atoms with Crippen LogP contribution < -0.4 is 14.5 Å². The first kappa shape index (κ1) is 19.0. The molecule has 0 unspecified atom stereocenters. The number of benzene rings is 3. The minimum absolute atomic E-state index is 0.971. The van der Waals surface area contributed by atoms with Crippen molar-refractivity contribution < 1.29 is 9.64 Å². The maximum atomic E-state index is 5.56. The van der Waals surface area contributed by atoms with Gasteiger partial charge in [0.1, 0.15) is 12.3 Å². The molecule has 0 spiro atoms. The molecule has 4 aromatic rings. The summed E-state index contributed by atoms with van der Waals surface area (Å²) in [6.45, 7) is 8.73. The molecule has 1 saturated heterocycles. The zero-order chi connectivity index (χ0) is 20.5. The lowest BCUT2D eigenvalue weighted by atomic mass is 10.1. The minimum Gasteiger partial charge on any atom is -0.495 e. The highest BCUT2D eigenvalue weighted by atomic mass is 16.5. The second-order valence-corrected chi connectivity index (χ2v) is 8.20. The molecule has 1 fully saturated rings. The van der Waals surface area contributed by atoms with Gasteiger partial charge in [-0.3, -0.25) is 0 Å². The van der Waals surface area contributed by atoms with Crippen LogP contribution in [0.2, 0.25) is 0 Å². The fourth-order valence-corrected chi connectivity index (χ4v) is 4.97. The Kier molecular flexibility index (Phi) is 5.09. The molecule has 30 heavy (non-hydrogen) atoms. The fourth-order valence-electron chi connectivity index (χ4n) is 4.97. The highest BCUT2D eigenvalue weighted by molar-refractivity contribution is 6.08. The molecule has 154 valence electrons. The molecule has 3 aromatic carbocycles. The molecule has 1 aliphatic heterocycles. The summed E-state index contributed by atoms with van der Waals surface area (Å²) < 4.78 is 7.98. The van der Waals surface area contributed by atoms with Crippen LogP contribution in [-0.4, -0.2) is 37.9 Å². The monoisotopic (exact) mass is 400 g/mol. The number of aryl methyl sites for hydroxylation is 1. The third-order valence-corrected chi connectivity index (χ3v) is 6.50. The number of hydrogen-bond acceptors (Lipinski definition) is 2. The van der Waals surface area contributed by atoms with Gasteiger partial charge in [0.05, 0.1) is 39.0 Å². The average molecular weight is 401 g/mol. The van der Waals surface area contributed by atoms with Crippen LogP contribution in [0.1, 0.15) is 12.5 Å². The molecule has 1 N–H and O–H groups in total. The molecule has 0 bridgehead atoms. The molecule has 0 amide bonds. The smallest absolute Gasteiger partial charge is 0.142 e. The van der Waals surface area contributed by atoms with E-state index in [1.165, 1.54) is 33.1 Å². The second-order valence-electron chi connectivity index (χ2n) is 8.20. The number of ether oxygens (including phenoxy) is 1. The van der Waals surface area contributed by atoms with Crippen molar-refractivity contribution in [3.8, 4) is 5.75 Å². The Bertz CT molecular complexity index is 1170. The summed E-state index contributed by atoms with van der Waals surface area (Å²) in [6, 6.07) is 24.2. The number of hydrogen-bond donors (Lipinski definition) is 1. The number of piperazine rings is 1. The van der Waals surface area contributed by atoms with Crippen LogP contribution in [0.4, 0.5) is 5.69 Å².